The molecule has 0 saturated carbocycles. The third kappa shape index (κ3) is 3.87. The number of nitrogens with one attached hydrogen (secondary N) is 1. The fraction of sp³-hybridized carbons (Fsp3) is 0.211. The standard InChI is InChI=1S/C19H21N3O2/c1-23-18-5-3-4-17(11-18)21-12-15-6-7-19(24-2)16(10-15)13-22-9-8-20-14-22/h3-11,14,21H,12-13H2,1-2H3. The van der Waals surface area contributed by atoms with Crippen LogP contribution in [0.4, 0.5) is 5.69 Å². The Morgan fingerprint density at radius 1 is 1.08 bits per heavy atom. The lowest BCUT2D eigenvalue weighted by Crippen LogP contribution is -2.04. The Bertz CT molecular complexity index is 785. The molecule has 3 rings (SSSR count). The van der Waals surface area contributed by atoms with E-state index < -0.39 is 0 Å². The van der Waals surface area contributed by atoms with Crippen LogP contribution in [0.1, 0.15) is 11.1 Å². The molecular formula is C19H21N3O2. The number of methoxy groups -OCH3 is 2. The number of aromatic nitrogens is 2. The van der Waals surface area contributed by atoms with Gasteiger partial charge in [0.1, 0.15) is 11.5 Å². The number of benzene rings is 2. The van der Waals surface area contributed by atoms with E-state index in [0.29, 0.717) is 0 Å². The summed E-state index contributed by atoms with van der Waals surface area (Å²) in [4.78, 5) is 4.09. The smallest absolute Gasteiger partial charge is 0.123 e. The van der Waals surface area contributed by atoms with Crippen molar-refractivity contribution in [3.8, 4) is 11.5 Å². The molecule has 0 aliphatic carbocycles. The van der Waals surface area contributed by atoms with Gasteiger partial charge in [0.05, 0.1) is 27.1 Å². The average Bonchev–Trinajstić information content (AvgIpc) is 3.13. The number of anilines is 1. The molecule has 3 aromatic rings. The highest BCUT2D eigenvalue weighted by molar-refractivity contribution is 5.49. The summed E-state index contributed by atoms with van der Waals surface area (Å²) in [6, 6.07) is 14.2. The Morgan fingerprint density at radius 2 is 2.00 bits per heavy atom. The van der Waals surface area contributed by atoms with E-state index in [4.69, 9.17) is 9.47 Å². The number of rotatable bonds is 7. The number of hydrogen-bond donors (Lipinski definition) is 1. The largest absolute Gasteiger partial charge is 0.497 e. The van der Waals surface area contributed by atoms with Gasteiger partial charge in [-0.25, -0.2) is 4.98 Å². The van der Waals surface area contributed by atoms with Gasteiger partial charge in [0.25, 0.3) is 0 Å². The first kappa shape index (κ1) is 15.9. The lowest BCUT2D eigenvalue weighted by atomic mass is 10.1. The zero-order chi connectivity index (χ0) is 16.8. The minimum atomic E-state index is 0.730. The summed E-state index contributed by atoms with van der Waals surface area (Å²) in [7, 11) is 3.37. The molecule has 1 aromatic heterocycles. The second-order valence-electron chi connectivity index (χ2n) is 5.47. The molecule has 0 spiro atoms. The summed E-state index contributed by atoms with van der Waals surface area (Å²) in [5, 5.41) is 3.42. The van der Waals surface area contributed by atoms with Gasteiger partial charge in [-0.1, -0.05) is 12.1 Å². The minimum Gasteiger partial charge on any atom is -0.497 e. The molecule has 1 heterocycles. The van der Waals surface area contributed by atoms with Crippen molar-refractivity contribution < 1.29 is 9.47 Å². The lowest BCUT2D eigenvalue weighted by Gasteiger charge is -2.13. The molecule has 0 fully saturated rings. The first-order valence-corrected chi connectivity index (χ1v) is 7.78. The molecule has 124 valence electrons. The highest BCUT2D eigenvalue weighted by Crippen LogP contribution is 2.22. The molecule has 0 bridgehead atoms. The summed E-state index contributed by atoms with van der Waals surface area (Å²) in [5.74, 6) is 1.73. The molecule has 5 nitrogen and oxygen atoms in total. The molecule has 0 aliphatic rings. The fourth-order valence-corrected chi connectivity index (χ4v) is 2.58. The highest BCUT2D eigenvalue weighted by Gasteiger charge is 2.06. The van der Waals surface area contributed by atoms with Gasteiger partial charge in [0.15, 0.2) is 0 Å². The maximum atomic E-state index is 5.47. The Hall–Kier alpha value is -2.95. The monoisotopic (exact) mass is 323 g/mol. The van der Waals surface area contributed by atoms with Crippen molar-refractivity contribution in [2.45, 2.75) is 13.1 Å². The third-order valence-corrected chi connectivity index (χ3v) is 3.82. The van der Waals surface area contributed by atoms with Crippen LogP contribution in [0.5, 0.6) is 11.5 Å². The second-order valence-corrected chi connectivity index (χ2v) is 5.47. The minimum absolute atomic E-state index is 0.730. The van der Waals surface area contributed by atoms with E-state index in [0.717, 1.165) is 35.8 Å². The molecule has 2 aromatic carbocycles. The molecule has 0 saturated heterocycles. The molecule has 0 atom stereocenters. The second kappa shape index (κ2) is 7.55. The quantitative estimate of drug-likeness (QED) is 0.722. The Balaban J connectivity index is 1.73. The van der Waals surface area contributed by atoms with Crippen LogP contribution in [0.2, 0.25) is 0 Å². The Labute approximate surface area is 141 Å². The molecule has 0 unspecified atom stereocenters. The lowest BCUT2D eigenvalue weighted by molar-refractivity contribution is 0.408. The zero-order valence-electron chi connectivity index (χ0n) is 13.9. The van der Waals surface area contributed by atoms with E-state index in [1.54, 1.807) is 26.7 Å². The molecule has 24 heavy (non-hydrogen) atoms. The van der Waals surface area contributed by atoms with Crippen molar-refractivity contribution >= 4 is 5.69 Å². The summed E-state index contributed by atoms with van der Waals surface area (Å²) >= 11 is 0. The van der Waals surface area contributed by atoms with Crippen LogP contribution in [-0.4, -0.2) is 23.8 Å². The van der Waals surface area contributed by atoms with Gasteiger partial charge in [-0.05, 0) is 29.8 Å². The third-order valence-electron chi connectivity index (χ3n) is 3.82. The molecule has 0 radical (unpaired) electrons. The topological polar surface area (TPSA) is 48.3 Å². The van der Waals surface area contributed by atoms with Crippen LogP contribution >= 0.6 is 0 Å². The van der Waals surface area contributed by atoms with Crippen LogP contribution in [-0.2, 0) is 13.1 Å². The van der Waals surface area contributed by atoms with Crippen molar-refractivity contribution in [1.82, 2.24) is 9.55 Å². The normalized spacial score (nSPS) is 10.4. The van der Waals surface area contributed by atoms with E-state index in [1.807, 2.05) is 41.1 Å². The van der Waals surface area contributed by atoms with Gasteiger partial charge in [-0.3, -0.25) is 0 Å². The number of imidazole rings is 1. The SMILES string of the molecule is COc1cccc(NCc2ccc(OC)c(Cn3ccnc3)c2)c1. The Morgan fingerprint density at radius 3 is 2.75 bits per heavy atom. The number of ether oxygens (including phenoxy) is 2. The molecule has 0 aliphatic heterocycles. The van der Waals surface area contributed by atoms with E-state index in [2.05, 4.69) is 22.4 Å². The van der Waals surface area contributed by atoms with Gasteiger partial charge in [-0.2, -0.15) is 0 Å². The summed E-state index contributed by atoms with van der Waals surface area (Å²) in [6.07, 6.45) is 5.53. The van der Waals surface area contributed by atoms with E-state index in [9.17, 15) is 0 Å². The zero-order valence-corrected chi connectivity index (χ0v) is 13.9. The van der Waals surface area contributed by atoms with E-state index in [1.165, 1.54) is 5.56 Å². The van der Waals surface area contributed by atoms with Crippen molar-refractivity contribution in [2.75, 3.05) is 19.5 Å². The maximum absolute atomic E-state index is 5.47. The first-order valence-electron chi connectivity index (χ1n) is 7.78. The van der Waals surface area contributed by atoms with Gasteiger partial charge >= 0.3 is 0 Å². The van der Waals surface area contributed by atoms with Crippen molar-refractivity contribution in [2.24, 2.45) is 0 Å². The van der Waals surface area contributed by atoms with Crippen LogP contribution in [0.15, 0.2) is 61.2 Å². The summed E-state index contributed by atoms with van der Waals surface area (Å²) < 4.78 is 12.7. The molecule has 0 amide bonds. The number of nitrogens with zero attached hydrogens (tertiary/aromatic N) is 2. The average molecular weight is 323 g/mol. The molecular weight excluding hydrogens is 302 g/mol. The fourth-order valence-electron chi connectivity index (χ4n) is 2.58. The predicted molar refractivity (Wildman–Crippen MR) is 94.6 cm³/mol. The highest BCUT2D eigenvalue weighted by atomic mass is 16.5. The first-order chi connectivity index (χ1) is 11.8. The maximum Gasteiger partial charge on any atom is 0.123 e. The van der Waals surface area contributed by atoms with Gasteiger partial charge in [-0.15, -0.1) is 0 Å². The van der Waals surface area contributed by atoms with Crippen LogP contribution in [0.3, 0.4) is 0 Å². The molecule has 1 N–H and O–H groups in total. The predicted octanol–water partition coefficient (Wildman–Crippen LogP) is 3.56. The van der Waals surface area contributed by atoms with Crippen LogP contribution < -0.4 is 14.8 Å². The van der Waals surface area contributed by atoms with Gasteiger partial charge in [0, 0.05) is 36.3 Å². The van der Waals surface area contributed by atoms with Crippen molar-refractivity contribution in [1.29, 1.82) is 0 Å². The summed E-state index contributed by atoms with van der Waals surface area (Å²) in [5.41, 5.74) is 3.34. The van der Waals surface area contributed by atoms with E-state index in [-0.39, 0.29) is 0 Å². The van der Waals surface area contributed by atoms with Gasteiger partial charge in [0.2, 0.25) is 0 Å². The van der Waals surface area contributed by atoms with Gasteiger partial charge < -0.3 is 19.4 Å². The van der Waals surface area contributed by atoms with Crippen LogP contribution in [0, 0.1) is 0 Å². The number of hydrogen-bond acceptors (Lipinski definition) is 4. The molecule has 5 heteroatoms. The Kier molecular flexibility index (Phi) is 5.01. The van der Waals surface area contributed by atoms with Crippen molar-refractivity contribution in [3.63, 3.8) is 0 Å². The van der Waals surface area contributed by atoms with E-state index >= 15 is 0 Å². The summed E-state index contributed by atoms with van der Waals surface area (Å²) in [6.45, 7) is 1.46. The van der Waals surface area contributed by atoms with Crippen molar-refractivity contribution in [3.05, 3.63) is 72.3 Å². The van der Waals surface area contributed by atoms with Crippen LogP contribution in [0.25, 0.3) is 0 Å².